The molecule has 2 aromatic carbocycles. The van der Waals surface area contributed by atoms with E-state index in [9.17, 15) is 36.3 Å². The molecule has 0 saturated carbocycles. The zero-order chi connectivity index (χ0) is 27.7. The Kier molecular flexibility index (Phi) is 7.26. The van der Waals surface area contributed by atoms with Gasteiger partial charge in [0.2, 0.25) is 10.0 Å². The number of hydrogen-bond acceptors (Lipinski definition) is 8. The number of carbonyl (C=O) groups is 2. The molecule has 0 aliphatic carbocycles. The number of phenols is 1. The third-order valence-electron chi connectivity index (χ3n) is 5.74. The number of piperazine rings is 1. The molecule has 1 aliphatic heterocycles. The summed E-state index contributed by atoms with van der Waals surface area (Å²) in [5.41, 5.74) is -0.821. The Morgan fingerprint density at radius 1 is 0.947 bits per heavy atom. The van der Waals surface area contributed by atoms with Crippen molar-refractivity contribution in [3.63, 3.8) is 0 Å². The maximum Gasteiger partial charge on any atom is 0.416 e. The fourth-order valence-corrected chi connectivity index (χ4v) is 4.37. The van der Waals surface area contributed by atoms with E-state index in [1.165, 1.54) is 41.3 Å². The standard InChI is InChI=1S/C24H22F3N5O5S/c1-38(36,37)30-22(34)20-5-6-21(29-28-20)31-7-9-32(10-8-31)23(35)17-11-16(12-18(13-17)24(25,26)27)15-3-2-4-19(33)14-15/h2-6,11-14,33H,7-10H2,1H3,(H,30,34). The molecule has 10 nitrogen and oxygen atoms in total. The number of hydrogen-bond donors (Lipinski definition) is 2. The Balaban J connectivity index is 1.48. The van der Waals surface area contributed by atoms with Crippen LogP contribution in [-0.4, -0.2) is 72.9 Å². The summed E-state index contributed by atoms with van der Waals surface area (Å²) < 4.78 is 65.0. The molecule has 200 valence electrons. The van der Waals surface area contributed by atoms with Crippen molar-refractivity contribution < 1.29 is 36.3 Å². The van der Waals surface area contributed by atoms with Crippen molar-refractivity contribution in [3.05, 3.63) is 71.4 Å². The number of nitrogens with one attached hydrogen (secondary N) is 1. The molecule has 0 atom stereocenters. The first-order valence-electron chi connectivity index (χ1n) is 11.2. The van der Waals surface area contributed by atoms with E-state index >= 15 is 0 Å². The van der Waals surface area contributed by atoms with Crippen LogP contribution in [0.3, 0.4) is 0 Å². The van der Waals surface area contributed by atoms with Crippen LogP contribution in [-0.2, 0) is 16.2 Å². The van der Waals surface area contributed by atoms with Gasteiger partial charge in [-0.1, -0.05) is 12.1 Å². The van der Waals surface area contributed by atoms with Gasteiger partial charge in [0.25, 0.3) is 11.8 Å². The summed E-state index contributed by atoms with van der Waals surface area (Å²) in [6.07, 6.45) is -3.84. The zero-order valence-electron chi connectivity index (χ0n) is 19.9. The summed E-state index contributed by atoms with van der Waals surface area (Å²) in [6.45, 7) is 0.977. The number of halogens is 3. The molecular weight excluding hydrogens is 527 g/mol. The number of alkyl halides is 3. The molecular formula is C24H22F3N5O5S. The number of rotatable bonds is 5. The minimum Gasteiger partial charge on any atom is -0.508 e. The predicted octanol–water partition coefficient (Wildman–Crippen LogP) is 2.52. The first-order chi connectivity index (χ1) is 17.8. The van der Waals surface area contributed by atoms with Gasteiger partial charge in [-0.05, 0) is 53.6 Å². The Morgan fingerprint density at radius 3 is 2.24 bits per heavy atom. The Morgan fingerprint density at radius 2 is 1.66 bits per heavy atom. The molecule has 1 aromatic heterocycles. The van der Waals surface area contributed by atoms with Crippen molar-refractivity contribution >= 4 is 27.7 Å². The zero-order valence-corrected chi connectivity index (χ0v) is 20.8. The van der Waals surface area contributed by atoms with Crippen LogP contribution in [0.1, 0.15) is 26.4 Å². The summed E-state index contributed by atoms with van der Waals surface area (Å²) in [5.74, 6) is -1.22. The largest absolute Gasteiger partial charge is 0.508 e. The number of anilines is 1. The number of sulfonamides is 1. The lowest BCUT2D eigenvalue weighted by Crippen LogP contribution is -2.49. The van der Waals surface area contributed by atoms with E-state index in [1.807, 2.05) is 0 Å². The number of phenolic OH excluding ortho intramolecular Hbond substituents is 1. The molecule has 2 amide bonds. The van der Waals surface area contributed by atoms with Gasteiger partial charge >= 0.3 is 6.18 Å². The number of carbonyl (C=O) groups excluding carboxylic acids is 2. The van der Waals surface area contributed by atoms with E-state index in [-0.39, 0.29) is 35.7 Å². The second-order valence-electron chi connectivity index (χ2n) is 8.61. The minimum absolute atomic E-state index is 0.115. The van der Waals surface area contributed by atoms with Crippen LogP contribution >= 0.6 is 0 Å². The monoisotopic (exact) mass is 549 g/mol. The van der Waals surface area contributed by atoms with Gasteiger partial charge in [0.15, 0.2) is 11.5 Å². The maximum absolute atomic E-state index is 13.6. The van der Waals surface area contributed by atoms with Gasteiger partial charge in [0, 0.05) is 31.7 Å². The lowest BCUT2D eigenvalue weighted by Gasteiger charge is -2.35. The average molecular weight is 550 g/mol. The smallest absolute Gasteiger partial charge is 0.416 e. The number of nitrogens with zero attached hydrogens (tertiary/aromatic N) is 4. The summed E-state index contributed by atoms with van der Waals surface area (Å²) in [4.78, 5) is 28.3. The van der Waals surface area contributed by atoms with Crippen LogP contribution in [0.5, 0.6) is 5.75 Å². The van der Waals surface area contributed by atoms with Crippen LogP contribution in [0.25, 0.3) is 11.1 Å². The Labute approximate surface area is 215 Å². The third kappa shape index (κ3) is 6.37. The molecule has 3 aromatic rings. The van der Waals surface area contributed by atoms with Crippen molar-refractivity contribution in [2.75, 3.05) is 37.3 Å². The fourth-order valence-electron chi connectivity index (χ4n) is 3.92. The molecule has 0 bridgehead atoms. The van der Waals surface area contributed by atoms with Gasteiger partial charge < -0.3 is 14.9 Å². The highest BCUT2D eigenvalue weighted by molar-refractivity contribution is 7.89. The minimum atomic E-state index is -4.68. The van der Waals surface area contributed by atoms with Gasteiger partial charge in [0.05, 0.1) is 11.8 Å². The van der Waals surface area contributed by atoms with E-state index in [0.29, 0.717) is 24.5 Å². The van der Waals surface area contributed by atoms with Crippen molar-refractivity contribution in [1.82, 2.24) is 19.8 Å². The predicted molar refractivity (Wildman–Crippen MR) is 131 cm³/mol. The lowest BCUT2D eigenvalue weighted by atomic mass is 9.98. The number of aromatic hydroxyl groups is 1. The molecule has 2 heterocycles. The van der Waals surface area contributed by atoms with Crippen molar-refractivity contribution in [2.45, 2.75) is 6.18 Å². The summed E-state index contributed by atoms with van der Waals surface area (Å²) >= 11 is 0. The van der Waals surface area contributed by atoms with Gasteiger partial charge in [-0.15, -0.1) is 10.2 Å². The second-order valence-corrected chi connectivity index (χ2v) is 10.4. The van der Waals surface area contributed by atoms with Gasteiger partial charge in [-0.2, -0.15) is 13.2 Å². The van der Waals surface area contributed by atoms with Crippen molar-refractivity contribution in [1.29, 1.82) is 0 Å². The average Bonchev–Trinajstić information content (AvgIpc) is 2.87. The first kappa shape index (κ1) is 26.9. The normalized spacial score (nSPS) is 14.3. The molecule has 0 unspecified atom stereocenters. The molecule has 38 heavy (non-hydrogen) atoms. The van der Waals surface area contributed by atoms with Crippen LogP contribution < -0.4 is 9.62 Å². The molecule has 1 aliphatic rings. The fraction of sp³-hybridized carbons (Fsp3) is 0.250. The van der Waals surface area contributed by atoms with E-state index in [4.69, 9.17) is 0 Å². The SMILES string of the molecule is CS(=O)(=O)NC(=O)c1ccc(N2CCN(C(=O)c3cc(-c4cccc(O)c4)cc(C(F)(F)F)c3)CC2)nn1. The lowest BCUT2D eigenvalue weighted by molar-refractivity contribution is -0.137. The molecule has 4 rings (SSSR count). The molecule has 0 spiro atoms. The van der Waals surface area contributed by atoms with Crippen LogP contribution in [0, 0.1) is 0 Å². The number of benzene rings is 2. The summed E-state index contributed by atoms with van der Waals surface area (Å²) in [6, 6.07) is 11.7. The van der Waals surface area contributed by atoms with Crippen LogP contribution in [0.4, 0.5) is 19.0 Å². The van der Waals surface area contributed by atoms with E-state index in [2.05, 4.69) is 10.2 Å². The Hall–Kier alpha value is -4.20. The highest BCUT2D eigenvalue weighted by Crippen LogP contribution is 2.34. The highest BCUT2D eigenvalue weighted by Gasteiger charge is 2.33. The van der Waals surface area contributed by atoms with Gasteiger partial charge in [-0.25, -0.2) is 13.1 Å². The topological polar surface area (TPSA) is 133 Å². The van der Waals surface area contributed by atoms with E-state index in [1.54, 1.807) is 15.7 Å². The number of aromatic nitrogens is 2. The summed E-state index contributed by atoms with van der Waals surface area (Å²) in [5, 5.41) is 17.4. The van der Waals surface area contributed by atoms with Gasteiger partial charge in [0.1, 0.15) is 5.75 Å². The molecule has 1 saturated heterocycles. The van der Waals surface area contributed by atoms with Crippen LogP contribution in [0.15, 0.2) is 54.6 Å². The first-order valence-corrected chi connectivity index (χ1v) is 13.1. The van der Waals surface area contributed by atoms with E-state index in [0.717, 1.165) is 18.4 Å². The highest BCUT2D eigenvalue weighted by atomic mass is 32.2. The van der Waals surface area contributed by atoms with Crippen LogP contribution in [0.2, 0.25) is 0 Å². The van der Waals surface area contributed by atoms with Gasteiger partial charge in [-0.3, -0.25) is 9.59 Å². The van der Waals surface area contributed by atoms with Crippen molar-refractivity contribution in [3.8, 4) is 16.9 Å². The molecule has 2 N–H and O–H groups in total. The number of amides is 2. The third-order valence-corrected chi connectivity index (χ3v) is 6.30. The summed E-state index contributed by atoms with van der Waals surface area (Å²) in [7, 11) is -3.76. The maximum atomic E-state index is 13.6. The molecule has 14 heteroatoms. The van der Waals surface area contributed by atoms with E-state index < -0.39 is 33.6 Å². The molecule has 1 fully saturated rings. The quantitative estimate of drug-likeness (QED) is 0.496. The molecule has 0 radical (unpaired) electrons. The second kappa shape index (κ2) is 10.3. The Bertz CT molecular complexity index is 1470. The van der Waals surface area contributed by atoms with Crippen molar-refractivity contribution in [2.24, 2.45) is 0 Å².